The van der Waals surface area contributed by atoms with E-state index >= 15 is 0 Å². The predicted molar refractivity (Wildman–Crippen MR) is 84.6 cm³/mol. The predicted octanol–water partition coefficient (Wildman–Crippen LogP) is 5.34. The van der Waals surface area contributed by atoms with Gasteiger partial charge in [-0.05, 0) is 51.4 Å². The van der Waals surface area contributed by atoms with E-state index in [1.54, 1.807) is 0 Å². The lowest BCUT2D eigenvalue weighted by Gasteiger charge is -2.21. The topological polar surface area (TPSA) is 26.3 Å². The maximum absolute atomic E-state index is 11.1. The van der Waals surface area contributed by atoms with Crippen molar-refractivity contribution in [3.63, 3.8) is 0 Å². The van der Waals surface area contributed by atoms with Crippen LogP contribution in [0, 0.1) is 0 Å². The Labute approximate surface area is 124 Å². The molecule has 1 atom stereocenters. The molecule has 1 heterocycles. The molecule has 2 heteroatoms. The van der Waals surface area contributed by atoms with E-state index in [0.29, 0.717) is 6.42 Å². The molecule has 0 saturated carbocycles. The van der Waals surface area contributed by atoms with Gasteiger partial charge < -0.3 is 4.74 Å². The third kappa shape index (κ3) is 8.95. The number of esters is 1. The van der Waals surface area contributed by atoms with E-state index in [1.807, 2.05) is 0 Å². The molecule has 0 spiro atoms. The molecule has 1 rings (SSSR count). The van der Waals surface area contributed by atoms with Crippen LogP contribution in [0.4, 0.5) is 0 Å². The van der Waals surface area contributed by atoms with Crippen LogP contribution in [0.1, 0.15) is 77.6 Å². The Hall–Kier alpha value is -1.05. The summed E-state index contributed by atoms with van der Waals surface area (Å²) >= 11 is 0. The van der Waals surface area contributed by atoms with Gasteiger partial charge in [0.1, 0.15) is 6.10 Å². The van der Waals surface area contributed by atoms with Crippen LogP contribution >= 0.6 is 0 Å². The molecule has 0 aliphatic carbocycles. The molecular weight excluding hydrogens is 248 g/mol. The number of allylic oxidation sites excluding steroid dienone is 4. The van der Waals surface area contributed by atoms with Crippen molar-refractivity contribution in [3.05, 3.63) is 24.3 Å². The largest absolute Gasteiger partial charge is 0.462 e. The summed E-state index contributed by atoms with van der Waals surface area (Å²) in [6.45, 7) is 2.24. The lowest BCUT2D eigenvalue weighted by molar-refractivity contribution is -0.154. The fourth-order valence-corrected chi connectivity index (χ4v) is 2.46. The van der Waals surface area contributed by atoms with Crippen molar-refractivity contribution in [1.29, 1.82) is 0 Å². The van der Waals surface area contributed by atoms with Crippen LogP contribution in [-0.2, 0) is 9.53 Å². The molecule has 0 aromatic rings. The Morgan fingerprint density at radius 2 is 1.85 bits per heavy atom. The second-order valence-corrected chi connectivity index (χ2v) is 5.61. The average molecular weight is 278 g/mol. The molecule has 1 fully saturated rings. The van der Waals surface area contributed by atoms with Gasteiger partial charge in [0.05, 0.1) is 0 Å². The van der Waals surface area contributed by atoms with E-state index in [0.717, 1.165) is 38.5 Å². The standard InChI is InChI=1S/C18H30O2/c1-2-3-4-5-6-7-8-9-10-11-12-14-17-15-13-16-18(19)20-17/h6-7,9-10,17H,2-5,8,11-16H2,1H3/b7-6-,10-9-. The highest BCUT2D eigenvalue weighted by atomic mass is 16.5. The lowest BCUT2D eigenvalue weighted by Crippen LogP contribution is -2.23. The van der Waals surface area contributed by atoms with Gasteiger partial charge in [0.15, 0.2) is 0 Å². The fraction of sp³-hybridized carbons (Fsp3) is 0.722. The molecule has 114 valence electrons. The summed E-state index contributed by atoms with van der Waals surface area (Å²) in [7, 11) is 0. The van der Waals surface area contributed by atoms with Crippen LogP contribution in [0.5, 0.6) is 0 Å². The van der Waals surface area contributed by atoms with Crippen LogP contribution < -0.4 is 0 Å². The van der Waals surface area contributed by atoms with Crippen molar-refractivity contribution in [2.24, 2.45) is 0 Å². The van der Waals surface area contributed by atoms with Crippen LogP contribution in [-0.4, -0.2) is 12.1 Å². The number of cyclic esters (lactones) is 1. The minimum atomic E-state index is -0.00926. The number of carbonyl (C=O) groups excluding carboxylic acids is 1. The van der Waals surface area contributed by atoms with E-state index in [4.69, 9.17) is 4.74 Å². The molecule has 2 nitrogen and oxygen atoms in total. The molecule has 0 amide bonds. The second kappa shape index (κ2) is 11.7. The summed E-state index contributed by atoms with van der Waals surface area (Å²) in [4.78, 5) is 11.1. The van der Waals surface area contributed by atoms with E-state index in [2.05, 4.69) is 31.2 Å². The Kier molecular flexibility index (Phi) is 9.99. The highest BCUT2D eigenvalue weighted by Crippen LogP contribution is 2.18. The summed E-state index contributed by atoms with van der Waals surface area (Å²) in [5.41, 5.74) is 0. The van der Waals surface area contributed by atoms with E-state index < -0.39 is 0 Å². The van der Waals surface area contributed by atoms with Crippen molar-refractivity contribution in [2.45, 2.75) is 83.7 Å². The zero-order valence-corrected chi connectivity index (χ0v) is 13.0. The normalized spacial score (nSPS) is 19.9. The molecule has 1 saturated heterocycles. The summed E-state index contributed by atoms with van der Waals surface area (Å²) in [5.74, 6) is -0.00926. The number of ether oxygens (including phenoxy) is 1. The summed E-state index contributed by atoms with van der Waals surface area (Å²) in [5, 5.41) is 0. The SMILES string of the molecule is CCCCC/C=C\C/C=C\CCCC1CCCC(=O)O1. The minimum Gasteiger partial charge on any atom is -0.462 e. The molecule has 0 N–H and O–H groups in total. The molecule has 1 aliphatic heterocycles. The van der Waals surface area contributed by atoms with Gasteiger partial charge in [-0.25, -0.2) is 0 Å². The molecule has 0 aromatic carbocycles. The van der Waals surface area contributed by atoms with Gasteiger partial charge in [-0.1, -0.05) is 44.1 Å². The zero-order valence-electron chi connectivity index (χ0n) is 13.0. The lowest BCUT2D eigenvalue weighted by atomic mass is 10.0. The zero-order chi connectivity index (χ0) is 14.5. The first kappa shape index (κ1) is 17.0. The van der Waals surface area contributed by atoms with E-state index in [1.165, 1.54) is 25.7 Å². The first-order valence-corrected chi connectivity index (χ1v) is 8.32. The summed E-state index contributed by atoms with van der Waals surface area (Å²) in [6, 6.07) is 0. The monoisotopic (exact) mass is 278 g/mol. The van der Waals surface area contributed by atoms with Crippen molar-refractivity contribution in [2.75, 3.05) is 0 Å². The van der Waals surface area contributed by atoms with Gasteiger partial charge in [0.25, 0.3) is 0 Å². The van der Waals surface area contributed by atoms with Gasteiger partial charge in [-0.3, -0.25) is 4.79 Å². The highest BCUT2D eigenvalue weighted by molar-refractivity contribution is 5.70. The molecular formula is C18H30O2. The molecule has 0 aromatic heterocycles. The van der Waals surface area contributed by atoms with Gasteiger partial charge in [-0.2, -0.15) is 0 Å². The number of carbonyl (C=O) groups is 1. The quantitative estimate of drug-likeness (QED) is 0.306. The second-order valence-electron chi connectivity index (χ2n) is 5.61. The molecule has 1 unspecified atom stereocenters. The van der Waals surface area contributed by atoms with Crippen molar-refractivity contribution >= 4 is 5.97 Å². The van der Waals surface area contributed by atoms with Gasteiger partial charge >= 0.3 is 5.97 Å². The highest BCUT2D eigenvalue weighted by Gasteiger charge is 2.19. The van der Waals surface area contributed by atoms with E-state index in [-0.39, 0.29) is 12.1 Å². The molecule has 20 heavy (non-hydrogen) atoms. The number of hydrogen-bond acceptors (Lipinski definition) is 2. The molecule has 0 radical (unpaired) electrons. The van der Waals surface area contributed by atoms with Crippen molar-refractivity contribution in [1.82, 2.24) is 0 Å². The van der Waals surface area contributed by atoms with Crippen LogP contribution in [0.25, 0.3) is 0 Å². The Bertz CT molecular complexity index is 305. The molecule has 0 bridgehead atoms. The first-order chi connectivity index (χ1) is 9.83. The number of unbranched alkanes of at least 4 members (excludes halogenated alkanes) is 4. The fourth-order valence-electron chi connectivity index (χ4n) is 2.46. The van der Waals surface area contributed by atoms with Gasteiger partial charge in [0, 0.05) is 6.42 Å². The smallest absolute Gasteiger partial charge is 0.306 e. The van der Waals surface area contributed by atoms with Gasteiger partial charge in [-0.15, -0.1) is 0 Å². The third-order valence-electron chi connectivity index (χ3n) is 3.68. The van der Waals surface area contributed by atoms with Crippen molar-refractivity contribution < 1.29 is 9.53 Å². The number of rotatable bonds is 10. The molecule has 1 aliphatic rings. The van der Waals surface area contributed by atoms with Crippen LogP contribution in [0.3, 0.4) is 0 Å². The van der Waals surface area contributed by atoms with Crippen molar-refractivity contribution in [3.8, 4) is 0 Å². The Balaban J connectivity index is 1.92. The van der Waals surface area contributed by atoms with Gasteiger partial charge in [0.2, 0.25) is 0 Å². The van der Waals surface area contributed by atoms with Crippen LogP contribution in [0.15, 0.2) is 24.3 Å². The third-order valence-corrected chi connectivity index (χ3v) is 3.68. The Morgan fingerprint density at radius 1 is 1.10 bits per heavy atom. The minimum absolute atomic E-state index is 0.00926. The average Bonchev–Trinajstić information content (AvgIpc) is 2.45. The van der Waals surface area contributed by atoms with Crippen LogP contribution in [0.2, 0.25) is 0 Å². The first-order valence-electron chi connectivity index (χ1n) is 8.32. The maximum Gasteiger partial charge on any atom is 0.306 e. The number of hydrogen-bond donors (Lipinski definition) is 0. The summed E-state index contributed by atoms with van der Waals surface area (Å²) < 4.78 is 5.30. The maximum atomic E-state index is 11.1. The Morgan fingerprint density at radius 3 is 2.55 bits per heavy atom. The van der Waals surface area contributed by atoms with E-state index in [9.17, 15) is 4.79 Å². The summed E-state index contributed by atoms with van der Waals surface area (Å²) in [6.07, 6.45) is 21.3.